The highest BCUT2D eigenvalue weighted by molar-refractivity contribution is 5.93. The Balaban J connectivity index is 1.89. The average Bonchev–Trinajstić information content (AvgIpc) is 3.29. The number of carbonyl (C=O) groups is 2. The van der Waals surface area contributed by atoms with Gasteiger partial charge in [0.05, 0.1) is 26.5 Å². The molecule has 0 fully saturated rings. The summed E-state index contributed by atoms with van der Waals surface area (Å²) in [6.07, 6.45) is 1.84. The number of ether oxygens (including phenoxy) is 3. The summed E-state index contributed by atoms with van der Waals surface area (Å²) in [6.45, 7) is 6.03. The summed E-state index contributed by atoms with van der Waals surface area (Å²) in [6, 6.07) is 14.5. The molecule has 0 atom stereocenters. The summed E-state index contributed by atoms with van der Waals surface area (Å²) in [5, 5.41) is 5.76. The van der Waals surface area contributed by atoms with Gasteiger partial charge in [-0.3, -0.25) is 14.7 Å². The van der Waals surface area contributed by atoms with Crippen LogP contribution in [0.15, 0.2) is 54.7 Å². The fraction of sp³-hybridized carbons (Fsp3) is 0.370. The van der Waals surface area contributed by atoms with Crippen LogP contribution in [0.5, 0.6) is 11.5 Å². The maximum atomic E-state index is 13.1. The summed E-state index contributed by atoms with van der Waals surface area (Å²) >= 11 is 0. The van der Waals surface area contributed by atoms with Gasteiger partial charge in [0.1, 0.15) is 18.0 Å². The van der Waals surface area contributed by atoms with E-state index in [0.717, 1.165) is 17.0 Å². The molecule has 0 radical (unpaired) electrons. The third-order valence-electron chi connectivity index (χ3n) is 5.36. The zero-order chi connectivity index (χ0) is 27.0. The minimum absolute atomic E-state index is 0.168. The Morgan fingerprint density at radius 3 is 2.08 bits per heavy atom. The van der Waals surface area contributed by atoms with Crippen molar-refractivity contribution < 1.29 is 23.8 Å². The van der Waals surface area contributed by atoms with Crippen LogP contribution in [0.3, 0.4) is 0 Å². The normalized spacial score (nSPS) is 11.1. The molecule has 0 bridgehead atoms. The average molecular weight is 510 g/mol. The van der Waals surface area contributed by atoms with E-state index in [-0.39, 0.29) is 25.0 Å². The van der Waals surface area contributed by atoms with E-state index in [2.05, 4.69) is 15.6 Å². The summed E-state index contributed by atoms with van der Waals surface area (Å²) in [5.74, 6) is 1.38. The molecule has 0 saturated carbocycles. The van der Waals surface area contributed by atoms with Crippen molar-refractivity contribution in [1.29, 1.82) is 0 Å². The smallest absolute Gasteiger partial charge is 0.318 e. The minimum atomic E-state index is -0.448. The van der Waals surface area contributed by atoms with Crippen molar-refractivity contribution in [2.24, 2.45) is 0 Å². The van der Waals surface area contributed by atoms with Crippen LogP contribution in [0.4, 0.5) is 10.7 Å². The fourth-order valence-electron chi connectivity index (χ4n) is 3.50. The number of urea groups is 1. The van der Waals surface area contributed by atoms with Crippen LogP contribution in [-0.2, 0) is 9.53 Å². The molecule has 0 aliphatic rings. The van der Waals surface area contributed by atoms with Gasteiger partial charge in [0, 0.05) is 36.6 Å². The van der Waals surface area contributed by atoms with Crippen molar-refractivity contribution in [3.63, 3.8) is 0 Å². The van der Waals surface area contributed by atoms with Crippen LogP contribution < -0.4 is 20.1 Å². The van der Waals surface area contributed by atoms with E-state index < -0.39 is 5.54 Å². The van der Waals surface area contributed by atoms with Crippen LogP contribution in [0.2, 0.25) is 0 Å². The molecular weight excluding hydrogens is 474 g/mol. The molecule has 37 heavy (non-hydrogen) atoms. The van der Waals surface area contributed by atoms with Crippen molar-refractivity contribution in [2.75, 3.05) is 46.3 Å². The molecule has 0 unspecified atom stereocenters. The molecule has 0 aliphatic heterocycles. The first kappa shape index (κ1) is 27.5. The molecule has 0 saturated heterocycles. The van der Waals surface area contributed by atoms with Crippen LogP contribution in [0, 0.1) is 0 Å². The van der Waals surface area contributed by atoms with Crippen LogP contribution in [-0.4, -0.2) is 73.0 Å². The van der Waals surface area contributed by atoms with E-state index in [0.29, 0.717) is 24.0 Å². The van der Waals surface area contributed by atoms with Gasteiger partial charge in [-0.1, -0.05) is 0 Å². The van der Waals surface area contributed by atoms with Crippen LogP contribution >= 0.6 is 0 Å². The Morgan fingerprint density at radius 2 is 1.54 bits per heavy atom. The number of anilines is 1. The second kappa shape index (κ2) is 12.3. The number of aromatic nitrogens is 2. The summed E-state index contributed by atoms with van der Waals surface area (Å²) in [7, 11) is 4.76. The van der Waals surface area contributed by atoms with Crippen molar-refractivity contribution >= 4 is 17.9 Å². The monoisotopic (exact) mass is 509 g/mol. The van der Waals surface area contributed by atoms with Crippen molar-refractivity contribution in [2.45, 2.75) is 26.3 Å². The number of benzene rings is 2. The first-order chi connectivity index (χ1) is 17.6. The molecule has 0 spiro atoms. The first-order valence-electron chi connectivity index (χ1n) is 11.9. The molecule has 2 N–H and O–H groups in total. The molecule has 1 heterocycles. The lowest BCUT2D eigenvalue weighted by Crippen LogP contribution is -2.51. The number of hydrogen-bond acceptors (Lipinski definition) is 6. The molecule has 10 heteroatoms. The highest BCUT2D eigenvalue weighted by Gasteiger charge is 2.23. The van der Waals surface area contributed by atoms with E-state index in [1.165, 1.54) is 4.90 Å². The maximum Gasteiger partial charge on any atom is 0.318 e. The highest BCUT2D eigenvalue weighted by atomic mass is 16.5. The van der Waals surface area contributed by atoms with Gasteiger partial charge in [-0.05, 0) is 69.3 Å². The molecule has 1 aromatic heterocycles. The summed E-state index contributed by atoms with van der Waals surface area (Å²) < 4.78 is 17.4. The van der Waals surface area contributed by atoms with E-state index in [4.69, 9.17) is 14.2 Å². The Morgan fingerprint density at radius 1 is 0.946 bits per heavy atom. The first-order valence-corrected chi connectivity index (χ1v) is 11.9. The Labute approximate surface area is 217 Å². The maximum absolute atomic E-state index is 13.1. The quantitative estimate of drug-likeness (QED) is 0.429. The largest absolute Gasteiger partial charge is 0.497 e. The number of amides is 3. The number of rotatable bonds is 10. The molecular formula is C27H35N5O5. The summed E-state index contributed by atoms with van der Waals surface area (Å²) in [5.41, 5.74) is 1.85. The number of methoxy groups -OCH3 is 3. The SMILES string of the molecule is COCCN(CC(=O)Nc1nc(-c2ccc(OC)cc2)cn1-c1ccc(OC)cc1)C(=O)NC(C)(C)C. The molecule has 10 nitrogen and oxygen atoms in total. The molecule has 198 valence electrons. The fourth-order valence-corrected chi connectivity index (χ4v) is 3.50. The van der Waals surface area contributed by atoms with Crippen LogP contribution in [0.1, 0.15) is 20.8 Å². The Bertz CT molecular complexity index is 1180. The molecule has 3 amide bonds. The predicted octanol–water partition coefficient (Wildman–Crippen LogP) is 3.95. The number of imidazole rings is 1. The second-order valence-electron chi connectivity index (χ2n) is 9.39. The number of nitrogens with one attached hydrogen (secondary N) is 2. The van der Waals surface area contributed by atoms with Gasteiger partial charge in [-0.25, -0.2) is 9.78 Å². The van der Waals surface area contributed by atoms with Crippen molar-refractivity contribution in [3.05, 3.63) is 54.7 Å². The Hall–Kier alpha value is -4.05. The zero-order valence-electron chi connectivity index (χ0n) is 22.2. The summed E-state index contributed by atoms with van der Waals surface area (Å²) in [4.78, 5) is 32.0. The molecule has 3 rings (SSSR count). The van der Waals surface area contributed by atoms with E-state index >= 15 is 0 Å². The topological polar surface area (TPSA) is 107 Å². The van der Waals surface area contributed by atoms with Gasteiger partial charge in [0.15, 0.2) is 0 Å². The number of hydrogen-bond donors (Lipinski definition) is 2. The van der Waals surface area contributed by atoms with Gasteiger partial charge < -0.3 is 24.4 Å². The number of carbonyl (C=O) groups excluding carboxylic acids is 2. The lowest BCUT2D eigenvalue weighted by Gasteiger charge is -2.28. The van der Waals surface area contributed by atoms with Gasteiger partial charge >= 0.3 is 6.03 Å². The van der Waals surface area contributed by atoms with E-state index in [9.17, 15) is 9.59 Å². The lowest BCUT2D eigenvalue weighted by atomic mass is 10.1. The van der Waals surface area contributed by atoms with Gasteiger partial charge in [-0.15, -0.1) is 0 Å². The number of nitrogens with zero attached hydrogens (tertiary/aromatic N) is 3. The second-order valence-corrected chi connectivity index (χ2v) is 9.39. The Kier molecular flexibility index (Phi) is 9.13. The third-order valence-corrected chi connectivity index (χ3v) is 5.36. The van der Waals surface area contributed by atoms with Gasteiger partial charge in [0.2, 0.25) is 11.9 Å². The predicted molar refractivity (Wildman–Crippen MR) is 142 cm³/mol. The zero-order valence-corrected chi connectivity index (χ0v) is 22.2. The molecule has 3 aromatic rings. The van der Waals surface area contributed by atoms with Gasteiger partial charge in [0.25, 0.3) is 0 Å². The third kappa shape index (κ3) is 7.71. The van der Waals surface area contributed by atoms with Crippen molar-refractivity contribution in [3.8, 4) is 28.4 Å². The molecule has 2 aromatic carbocycles. The highest BCUT2D eigenvalue weighted by Crippen LogP contribution is 2.27. The van der Waals surface area contributed by atoms with Crippen LogP contribution in [0.25, 0.3) is 16.9 Å². The van der Waals surface area contributed by atoms with E-state index in [1.54, 1.807) is 25.9 Å². The minimum Gasteiger partial charge on any atom is -0.497 e. The lowest BCUT2D eigenvalue weighted by molar-refractivity contribution is -0.117. The standard InChI is InChI=1S/C27H35N5O5/c1-27(2,3)30-26(34)31(15-16-35-4)18-24(33)29-25-28-23(19-7-11-21(36-5)12-8-19)17-32(25)20-9-13-22(37-6)14-10-20/h7-14,17H,15-16,18H2,1-6H3,(H,30,34)(H,28,29,33). The van der Waals surface area contributed by atoms with Crippen molar-refractivity contribution in [1.82, 2.24) is 19.8 Å². The van der Waals surface area contributed by atoms with Gasteiger partial charge in [-0.2, -0.15) is 0 Å². The van der Waals surface area contributed by atoms with E-state index in [1.807, 2.05) is 75.5 Å². The molecule has 0 aliphatic carbocycles.